The highest BCUT2D eigenvalue weighted by Crippen LogP contribution is 2.33. The molecular formula is C19H18BrF2N3O2S2. The summed E-state index contributed by atoms with van der Waals surface area (Å²) < 4.78 is 34.3. The first-order chi connectivity index (χ1) is 14.0. The van der Waals surface area contributed by atoms with Crippen LogP contribution in [0.2, 0.25) is 0 Å². The topological polar surface area (TPSA) is 45.7 Å². The van der Waals surface area contributed by atoms with Crippen LogP contribution in [-0.2, 0) is 4.74 Å². The number of carbonyl (C=O) groups is 1. The van der Waals surface area contributed by atoms with Crippen LogP contribution in [-0.4, -0.2) is 55.2 Å². The van der Waals surface area contributed by atoms with Gasteiger partial charge in [-0.2, -0.15) is 0 Å². The molecule has 5 nitrogen and oxygen atoms in total. The van der Waals surface area contributed by atoms with E-state index in [1.165, 1.54) is 17.4 Å². The van der Waals surface area contributed by atoms with Gasteiger partial charge in [-0.25, -0.2) is 13.8 Å². The predicted octanol–water partition coefficient (Wildman–Crippen LogP) is 4.77. The average molecular weight is 502 g/mol. The number of amides is 1. The largest absolute Gasteiger partial charge is 0.379 e. The van der Waals surface area contributed by atoms with Gasteiger partial charge in [0.05, 0.1) is 26.6 Å². The van der Waals surface area contributed by atoms with E-state index in [2.05, 4.69) is 25.8 Å². The third-order valence-corrected chi connectivity index (χ3v) is 7.26. The Hall–Kier alpha value is -1.46. The lowest BCUT2D eigenvalue weighted by atomic mass is 10.3. The van der Waals surface area contributed by atoms with Gasteiger partial charge in [0.25, 0.3) is 5.91 Å². The monoisotopic (exact) mass is 501 g/mol. The highest BCUT2D eigenvalue weighted by molar-refractivity contribution is 9.11. The molecule has 1 amide bonds. The van der Waals surface area contributed by atoms with Crippen molar-refractivity contribution in [1.82, 2.24) is 9.88 Å². The Morgan fingerprint density at radius 2 is 2.03 bits per heavy atom. The zero-order valence-corrected chi connectivity index (χ0v) is 18.6. The second-order valence-corrected chi connectivity index (χ2v) is 10.1. The van der Waals surface area contributed by atoms with Crippen molar-refractivity contribution in [2.45, 2.75) is 6.42 Å². The number of fused-ring (bicyclic) bond motifs is 1. The molecule has 2 aromatic heterocycles. The number of benzene rings is 1. The predicted molar refractivity (Wildman–Crippen MR) is 115 cm³/mol. The molecule has 0 aliphatic carbocycles. The summed E-state index contributed by atoms with van der Waals surface area (Å²) in [7, 11) is 0. The second-order valence-electron chi connectivity index (χ2n) is 6.60. The summed E-state index contributed by atoms with van der Waals surface area (Å²) in [6, 6.07) is 5.63. The van der Waals surface area contributed by atoms with Crippen LogP contribution in [0, 0.1) is 11.6 Å². The number of rotatable bonds is 6. The van der Waals surface area contributed by atoms with Crippen molar-refractivity contribution < 1.29 is 18.3 Å². The molecule has 0 saturated carbocycles. The fraction of sp³-hybridized carbons (Fsp3) is 0.368. The summed E-state index contributed by atoms with van der Waals surface area (Å²) in [5.41, 5.74) is 0.0877. The summed E-state index contributed by atoms with van der Waals surface area (Å²) in [5.74, 6) is -1.57. The van der Waals surface area contributed by atoms with Gasteiger partial charge in [0.15, 0.2) is 10.9 Å². The van der Waals surface area contributed by atoms with Crippen LogP contribution < -0.4 is 4.90 Å². The smallest absolute Gasteiger partial charge is 0.270 e. The van der Waals surface area contributed by atoms with E-state index in [1.54, 1.807) is 11.0 Å². The first-order valence-corrected chi connectivity index (χ1v) is 11.6. The molecule has 1 aliphatic rings. The van der Waals surface area contributed by atoms with E-state index >= 15 is 0 Å². The number of morpholine rings is 1. The summed E-state index contributed by atoms with van der Waals surface area (Å²) in [4.78, 5) is 21.9. The van der Waals surface area contributed by atoms with Crippen LogP contribution in [0.15, 0.2) is 28.1 Å². The van der Waals surface area contributed by atoms with E-state index in [4.69, 9.17) is 4.74 Å². The SMILES string of the molecule is O=C(c1ccc(Br)s1)N(CCCN1CCOCC1)c1nc2c(F)cc(F)cc2s1. The molecule has 0 atom stereocenters. The van der Waals surface area contributed by atoms with E-state index < -0.39 is 11.6 Å². The van der Waals surface area contributed by atoms with Gasteiger partial charge < -0.3 is 4.74 Å². The Bertz CT molecular complexity index is 1020. The van der Waals surface area contributed by atoms with Crippen molar-refractivity contribution in [3.8, 4) is 0 Å². The molecule has 1 aliphatic heterocycles. The summed E-state index contributed by atoms with van der Waals surface area (Å²) in [5, 5.41) is 0.376. The standard InChI is InChI=1S/C19H18BrF2N3O2S2/c20-16-3-2-14(28-16)18(26)25(5-1-4-24-6-8-27-9-7-24)19-23-17-13(22)10-12(21)11-15(17)29-19/h2-3,10-11H,1,4-9H2. The Kier molecular flexibility index (Phi) is 6.55. The van der Waals surface area contributed by atoms with Crippen LogP contribution in [0.1, 0.15) is 16.1 Å². The molecule has 3 aromatic rings. The molecule has 4 rings (SSSR count). The van der Waals surface area contributed by atoms with Crippen molar-refractivity contribution in [1.29, 1.82) is 0 Å². The molecular weight excluding hydrogens is 484 g/mol. The molecule has 154 valence electrons. The highest BCUT2D eigenvalue weighted by atomic mass is 79.9. The van der Waals surface area contributed by atoms with Crippen molar-refractivity contribution >= 4 is 59.9 Å². The average Bonchev–Trinajstić information content (AvgIpc) is 3.32. The Morgan fingerprint density at radius 3 is 2.76 bits per heavy atom. The number of thiophene rings is 1. The molecule has 1 aromatic carbocycles. The van der Waals surface area contributed by atoms with Crippen molar-refractivity contribution in [2.24, 2.45) is 0 Å². The number of carbonyl (C=O) groups excluding carboxylic acids is 1. The maximum atomic E-state index is 14.1. The van der Waals surface area contributed by atoms with Crippen LogP contribution in [0.4, 0.5) is 13.9 Å². The quantitative estimate of drug-likeness (QED) is 0.488. The Balaban J connectivity index is 1.58. The molecule has 0 spiro atoms. The molecule has 1 fully saturated rings. The number of anilines is 1. The lowest BCUT2D eigenvalue weighted by Crippen LogP contribution is -2.39. The van der Waals surface area contributed by atoms with E-state index in [0.29, 0.717) is 34.5 Å². The fourth-order valence-electron chi connectivity index (χ4n) is 3.18. The molecule has 0 radical (unpaired) electrons. The molecule has 3 heterocycles. The van der Waals surface area contributed by atoms with Crippen LogP contribution >= 0.6 is 38.6 Å². The van der Waals surface area contributed by atoms with Crippen molar-refractivity contribution in [2.75, 3.05) is 44.3 Å². The van der Waals surface area contributed by atoms with E-state index in [-0.39, 0.29) is 11.4 Å². The Morgan fingerprint density at radius 1 is 1.24 bits per heavy atom. The number of hydrogen-bond donors (Lipinski definition) is 0. The minimum atomic E-state index is -0.720. The van der Waals surface area contributed by atoms with Gasteiger partial charge in [-0.05, 0) is 40.5 Å². The Labute approximate surface area is 183 Å². The van der Waals surface area contributed by atoms with Crippen molar-refractivity contribution in [3.63, 3.8) is 0 Å². The maximum Gasteiger partial charge on any atom is 0.270 e. The molecule has 29 heavy (non-hydrogen) atoms. The van der Waals surface area contributed by atoms with Gasteiger partial charge in [-0.15, -0.1) is 11.3 Å². The van der Waals surface area contributed by atoms with Gasteiger partial charge in [0.2, 0.25) is 0 Å². The van der Waals surface area contributed by atoms with Crippen LogP contribution in [0.25, 0.3) is 10.2 Å². The number of nitrogens with zero attached hydrogens (tertiary/aromatic N) is 3. The van der Waals surface area contributed by atoms with Gasteiger partial charge in [0, 0.05) is 32.2 Å². The molecule has 0 unspecified atom stereocenters. The number of halogens is 3. The number of hydrogen-bond acceptors (Lipinski definition) is 6. The van der Waals surface area contributed by atoms with Gasteiger partial charge in [-0.3, -0.25) is 14.6 Å². The van der Waals surface area contributed by atoms with E-state index in [0.717, 1.165) is 47.2 Å². The van der Waals surface area contributed by atoms with Gasteiger partial charge in [0.1, 0.15) is 11.3 Å². The number of thiazole rings is 1. The first kappa shape index (κ1) is 20.8. The lowest BCUT2D eigenvalue weighted by Gasteiger charge is -2.27. The first-order valence-electron chi connectivity index (χ1n) is 9.14. The van der Waals surface area contributed by atoms with E-state index in [1.807, 2.05) is 6.07 Å². The second kappa shape index (κ2) is 9.13. The normalized spacial score (nSPS) is 15.1. The lowest BCUT2D eigenvalue weighted by molar-refractivity contribution is 0.0376. The minimum absolute atomic E-state index is 0.0877. The zero-order chi connectivity index (χ0) is 20.4. The maximum absolute atomic E-state index is 14.1. The zero-order valence-electron chi connectivity index (χ0n) is 15.4. The highest BCUT2D eigenvalue weighted by Gasteiger charge is 2.24. The van der Waals surface area contributed by atoms with Crippen LogP contribution in [0.5, 0.6) is 0 Å². The number of aromatic nitrogens is 1. The van der Waals surface area contributed by atoms with Gasteiger partial charge >= 0.3 is 0 Å². The summed E-state index contributed by atoms with van der Waals surface area (Å²) in [6.45, 7) is 4.45. The number of ether oxygens (including phenoxy) is 1. The summed E-state index contributed by atoms with van der Waals surface area (Å²) >= 11 is 5.84. The van der Waals surface area contributed by atoms with Crippen molar-refractivity contribution in [3.05, 3.63) is 44.6 Å². The van der Waals surface area contributed by atoms with Gasteiger partial charge in [-0.1, -0.05) is 11.3 Å². The molecule has 10 heteroatoms. The van der Waals surface area contributed by atoms with E-state index in [9.17, 15) is 13.6 Å². The summed E-state index contributed by atoms with van der Waals surface area (Å²) in [6.07, 6.45) is 0.741. The minimum Gasteiger partial charge on any atom is -0.379 e. The molecule has 0 N–H and O–H groups in total. The van der Waals surface area contributed by atoms with Crippen LogP contribution in [0.3, 0.4) is 0 Å². The third-order valence-electron chi connectivity index (χ3n) is 4.62. The molecule has 1 saturated heterocycles. The third kappa shape index (κ3) is 4.83. The molecule has 0 bridgehead atoms. The fourth-order valence-corrected chi connectivity index (χ4v) is 5.55.